The number of hydroxylamine groups is 2. The summed E-state index contributed by atoms with van der Waals surface area (Å²) in [7, 11) is 0. The molecule has 1 saturated heterocycles. The van der Waals surface area contributed by atoms with Gasteiger partial charge in [-0.15, -0.1) is 0 Å². The lowest BCUT2D eigenvalue weighted by atomic mass is 10.3. The topological polar surface area (TPSA) is 42.7 Å². The molecule has 0 saturated carbocycles. The standard InChI is InChI=1S/C9H10BrNO3/c10-7-3-6-13-8(7)9(12)11-4-1-2-5-14-11/h3,6H,1-2,4-5H2. The van der Waals surface area contributed by atoms with E-state index in [-0.39, 0.29) is 5.91 Å². The SMILES string of the molecule is O=C(c1occc1Br)N1CCCCO1. The van der Waals surface area contributed by atoms with Crippen LogP contribution in [-0.4, -0.2) is 24.1 Å². The van der Waals surface area contributed by atoms with Gasteiger partial charge < -0.3 is 4.42 Å². The summed E-state index contributed by atoms with van der Waals surface area (Å²) in [6.07, 6.45) is 3.45. The molecular formula is C9H10BrNO3. The molecule has 0 spiro atoms. The maximum Gasteiger partial charge on any atom is 0.314 e. The molecule has 5 heteroatoms. The first-order valence-electron chi connectivity index (χ1n) is 4.47. The van der Waals surface area contributed by atoms with Crippen molar-refractivity contribution in [2.75, 3.05) is 13.2 Å². The smallest absolute Gasteiger partial charge is 0.314 e. The first-order valence-corrected chi connectivity index (χ1v) is 5.26. The zero-order valence-electron chi connectivity index (χ0n) is 7.53. The lowest BCUT2D eigenvalue weighted by Gasteiger charge is -2.24. The van der Waals surface area contributed by atoms with E-state index in [1.165, 1.54) is 11.3 Å². The second kappa shape index (κ2) is 4.14. The summed E-state index contributed by atoms with van der Waals surface area (Å²) >= 11 is 3.24. The molecule has 1 aliphatic heterocycles. The van der Waals surface area contributed by atoms with Crippen LogP contribution < -0.4 is 0 Å². The molecular weight excluding hydrogens is 250 g/mol. The normalized spacial score (nSPS) is 17.1. The minimum absolute atomic E-state index is 0.221. The van der Waals surface area contributed by atoms with Crippen molar-refractivity contribution in [3.05, 3.63) is 22.6 Å². The predicted octanol–water partition coefficient (Wildman–Crippen LogP) is 2.21. The Kier molecular flexibility index (Phi) is 2.88. The van der Waals surface area contributed by atoms with E-state index in [9.17, 15) is 4.79 Å². The Morgan fingerprint density at radius 3 is 2.93 bits per heavy atom. The number of furan rings is 1. The van der Waals surface area contributed by atoms with Gasteiger partial charge in [-0.05, 0) is 34.8 Å². The van der Waals surface area contributed by atoms with E-state index in [1.54, 1.807) is 6.07 Å². The lowest BCUT2D eigenvalue weighted by molar-refractivity contribution is -0.145. The number of amides is 1. The van der Waals surface area contributed by atoms with Gasteiger partial charge in [-0.1, -0.05) is 0 Å². The van der Waals surface area contributed by atoms with Gasteiger partial charge in [0.25, 0.3) is 0 Å². The molecule has 2 rings (SSSR count). The van der Waals surface area contributed by atoms with Crippen molar-refractivity contribution in [3.8, 4) is 0 Å². The van der Waals surface area contributed by atoms with Gasteiger partial charge >= 0.3 is 5.91 Å². The minimum Gasteiger partial charge on any atom is -0.458 e. The van der Waals surface area contributed by atoms with Gasteiger partial charge in [-0.3, -0.25) is 9.63 Å². The largest absolute Gasteiger partial charge is 0.458 e. The van der Waals surface area contributed by atoms with E-state index in [4.69, 9.17) is 9.25 Å². The molecule has 2 heterocycles. The van der Waals surface area contributed by atoms with Crippen LogP contribution in [0, 0.1) is 0 Å². The minimum atomic E-state index is -0.221. The Labute approximate surface area is 89.9 Å². The second-order valence-corrected chi connectivity index (χ2v) is 3.90. The highest BCUT2D eigenvalue weighted by molar-refractivity contribution is 9.10. The Morgan fingerprint density at radius 1 is 1.50 bits per heavy atom. The van der Waals surface area contributed by atoms with E-state index < -0.39 is 0 Å². The summed E-state index contributed by atoms with van der Waals surface area (Å²) in [6, 6.07) is 1.69. The number of halogens is 1. The summed E-state index contributed by atoms with van der Waals surface area (Å²) < 4.78 is 5.72. The fraction of sp³-hybridized carbons (Fsp3) is 0.444. The summed E-state index contributed by atoms with van der Waals surface area (Å²) in [5.74, 6) is 0.0773. The third-order valence-electron chi connectivity index (χ3n) is 2.04. The number of hydrogen-bond donors (Lipinski definition) is 0. The highest BCUT2D eigenvalue weighted by Crippen LogP contribution is 2.20. The number of rotatable bonds is 1. The fourth-order valence-electron chi connectivity index (χ4n) is 1.32. The fourth-order valence-corrected chi connectivity index (χ4v) is 1.69. The van der Waals surface area contributed by atoms with Gasteiger partial charge in [-0.25, -0.2) is 5.06 Å². The zero-order valence-corrected chi connectivity index (χ0v) is 9.12. The number of carbonyl (C=O) groups excluding carboxylic acids is 1. The molecule has 1 fully saturated rings. The Hall–Kier alpha value is -0.810. The van der Waals surface area contributed by atoms with Crippen LogP contribution in [0.25, 0.3) is 0 Å². The van der Waals surface area contributed by atoms with Gasteiger partial charge in [0.1, 0.15) is 0 Å². The van der Waals surface area contributed by atoms with Gasteiger partial charge in [0.15, 0.2) is 0 Å². The molecule has 0 radical (unpaired) electrons. The third kappa shape index (κ3) is 1.83. The van der Waals surface area contributed by atoms with Crippen LogP contribution >= 0.6 is 15.9 Å². The highest BCUT2D eigenvalue weighted by atomic mass is 79.9. The average Bonchev–Trinajstić information content (AvgIpc) is 2.65. The molecule has 0 aliphatic carbocycles. The molecule has 0 N–H and O–H groups in total. The van der Waals surface area contributed by atoms with Crippen LogP contribution in [0.4, 0.5) is 0 Å². The quantitative estimate of drug-likeness (QED) is 0.777. The highest BCUT2D eigenvalue weighted by Gasteiger charge is 2.23. The molecule has 1 amide bonds. The average molecular weight is 260 g/mol. The first kappa shape index (κ1) is 9.73. The lowest BCUT2D eigenvalue weighted by Crippen LogP contribution is -2.35. The summed E-state index contributed by atoms with van der Waals surface area (Å²) in [5, 5.41) is 1.35. The van der Waals surface area contributed by atoms with Crippen LogP contribution in [0.5, 0.6) is 0 Å². The van der Waals surface area contributed by atoms with E-state index in [2.05, 4.69) is 15.9 Å². The number of nitrogens with zero attached hydrogens (tertiary/aromatic N) is 1. The van der Waals surface area contributed by atoms with E-state index in [0.29, 0.717) is 23.4 Å². The van der Waals surface area contributed by atoms with Crippen molar-refractivity contribution in [3.63, 3.8) is 0 Å². The molecule has 4 nitrogen and oxygen atoms in total. The molecule has 0 aromatic carbocycles. The van der Waals surface area contributed by atoms with Crippen LogP contribution in [0.2, 0.25) is 0 Å². The first-order chi connectivity index (χ1) is 6.79. The van der Waals surface area contributed by atoms with E-state index in [0.717, 1.165) is 12.8 Å². The molecule has 14 heavy (non-hydrogen) atoms. The van der Waals surface area contributed by atoms with E-state index in [1.807, 2.05) is 0 Å². The molecule has 0 bridgehead atoms. The van der Waals surface area contributed by atoms with E-state index >= 15 is 0 Å². The van der Waals surface area contributed by atoms with Crippen molar-refractivity contribution in [1.29, 1.82) is 0 Å². The third-order valence-corrected chi connectivity index (χ3v) is 2.67. The maximum atomic E-state index is 11.8. The van der Waals surface area contributed by atoms with Crippen LogP contribution in [-0.2, 0) is 4.84 Å². The summed E-state index contributed by atoms with van der Waals surface area (Å²) in [5.41, 5.74) is 0. The van der Waals surface area contributed by atoms with Crippen LogP contribution in [0.3, 0.4) is 0 Å². The second-order valence-electron chi connectivity index (χ2n) is 3.05. The predicted molar refractivity (Wildman–Crippen MR) is 52.6 cm³/mol. The van der Waals surface area contributed by atoms with Crippen molar-refractivity contribution < 1.29 is 14.0 Å². The molecule has 1 aromatic rings. The Morgan fingerprint density at radius 2 is 2.36 bits per heavy atom. The molecule has 0 unspecified atom stereocenters. The van der Waals surface area contributed by atoms with Crippen LogP contribution in [0.1, 0.15) is 23.4 Å². The number of carbonyl (C=O) groups is 1. The monoisotopic (exact) mass is 259 g/mol. The number of hydrogen-bond acceptors (Lipinski definition) is 3. The Bertz CT molecular complexity index is 331. The van der Waals surface area contributed by atoms with Gasteiger partial charge in [-0.2, -0.15) is 0 Å². The van der Waals surface area contributed by atoms with Crippen molar-refractivity contribution in [2.45, 2.75) is 12.8 Å². The molecule has 1 aromatic heterocycles. The van der Waals surface area contributed by atoms with Crippen molar-refractivity contribution in [2.24, 2.45) is 0 Å². The summed E-state index contributed by atoms with van der Waals surface area (Å²) in [4.78, 5) is 17.0. The van der Waals surface area contributed by atoms with Gasteiger partial charge in [0.05, 0.1) is 17.3 Å². The van der Waals surface area contributed by atoms with Crippen molar-refractivity contribution >= 4 is 21.8 Å². The molecule has 76 valence electrons. The van der Waals surface area contributed by atoms with Gasteiger partial charge in [0, 0.05) is 6.54 Å². The Balaban J connectivity index is 2.11. The summed E-state index contributed by atoms with van der Waals surface area (Å²) in [6.45, 7) is 1.23. The van der Waals surface area contributed by atoms with Crippen LogP contribution in [0.15, 0.2) is 21.2 Å². The maximum absolute atomic E-state index is 11.8. The zero-order chi connectivity index (χ0) is 9.97. The molecule has 1 aliphatic rings. The van der Waals surface area contributed by atoms with Crippen molar-refractivity contribution in [1.82, 2.24) is 5.06 Å². The van der Waals surface area contributed by atoms with Gasteiger partial charge in [0.2, 0.25) is 5.76 Å². The molecule has 0 atom stereocenters.